The van der Waals surface area contributed by atoms with Crippen molar-refractivity contribution in [3.8, 4) is 0 Å². The molecular formula is C23H53N3OSi. The Morgan fingerprint density at radius 3 is 1.21 bits per heavy atom. The van der Waals surface area contributed by atoms with E-state index < -0.39 is 8.32 Å². The molecule has 0 aliphatic rings. The molecule has 0 rings (SSSR count). The maximum absolute atomic E-state index is 6.15. The van der Waals surface area contributed by atoms with Crippen LogP contribution in [-0.2, 0) is 4.43 Å². The molecule has 0 unspecified atom stereocenters. The van der Waals surface area contributed by atoms with E-state index in [0.29, 0.717) is 0 Å². The zero-order valence-electron chi connectivity index (χ0n) is 20.6. The second-order valence-electron chi connectivity index (χ2n) is 8.86. The van der Waals surface area contributed by atoms with Crippen LogP contribution < -0.4 is 0 Å². The van der Waals surface area contributed by atoms with E-state index in [1.807, 2.05) is 0 Å². The first kappa shape index (κ1) is 28.1. The summed E-state index contributed by atoms with van der Waals surface area (Å²) in [6.07, 6.45) is 8.78. The molecule has 0 aromatic rings. The van der Waals surface area contributed by atoms with Gasteiger partial charge in [-0.1, -0.05) is 27.7 Å². The van der Waals surface area contributed by atoms with Crippen molar-refractivity contribution in [3.63, 3.8) is 0 Å². The van der Waals surface area contributed by atoms with Gasteiger partial charge >= 0.3 is 0 Å². The molecule has 28 heavy (non-hydrogen) atoms. The van der Waals surface area contributed by atoms with Gasteiger partial charge in [0, 0.05) is 12.8 Å². The van der Waals surface area contributed by atoms with Crippen molar-refractivity contribution in [2.24, 2.45) is 0 Å². The van der Waals surface area contributed by atoms with Crippen LogP contribution in [0.15, 0.2) is 0 Å². The molecule has 0 N–H and O–H groups in total. The van der Waals surface area contributed by atoms with Crippen molar-refractivity contribution in [3.05, 3.63) is 0 Å². The largest absolute Gasteiger partial charge is 0.416 e. The Bertz CT molecular complexity index is 308. The molecule has 4 nitrogen and oxygen atoms in total. The maximum atomic E-state index is 6.15. The van der Waals surface area contributed by atoms with Crippen LogP contribution in [0.25, 0.3) is 0 Å². The van der Waals surface area contributed by atoms with Gasteiger partial charge in [0.15, 0.2) is 8.32 Å². The average Bonchev–Trinajstić information content (AvgIpc) is 2.62. The number of nitrogens with zero attached hydrogens (tertiary/aromatic N) is 3. The van der Waals surface area contributed by atoms with Crippen LogP contribution in [0.3, 0.4) is 0 Å². The Labute approximate surface area is 179 Å². The Morgan fingerprint density at radius 1 is 0.536 bits per heavy atom. The van der Waals surface area contributed by atoms with Gasteiger partial charge in [-0.05, 0) is 111 Å². The minimum Gasteiger partial charge on any atom is -0.416 e. The topological polar surface area (TPSA) is 19.0 Å². The molecule has 0 aromatic heterocycles. The van der Waals surface area contributed by atoms with Gasteiger partial charge in [0.05, 0.1) is 0 Å². The van der Waals surface area contributed by atoms with Crippen molar-refractivity contribution in [2.45, 2.75) is 86.2 Å². The Hall–Kier alpha value is 0.0569. The van der Waals surface area contributed by atoms with Crippen molar-refractivity contribution in [2.75, 3.05) is 65.1 Å². The van der Waals surface area contributed by atoms with E-state index in [9.17, 15) is 0 Å². The van der Waals surface area contributed by atoms with Gasteiger partial charge in [-0.15, -0.1) is 0 Å². The Balaban J connectivity index is 4.59. The van der Waals surface area contributed by atoms with Crippen LogP contribution >= 0.6 is 0 Å². The molecule has 0 amide bonds. The van der Waals surface area contributed by atoms with Gasteiger partial charge in [0.1, 0.15) is 0 Å². The third kappa shape index (κ3) is 15.0. The second kappa shape index (κ2) is 17.9. The number of rotatable bonds is 20. The lowest BCUT2D eigenvalue weighted by molar-refractivity contribution is 0.212. The molecule has 0 bridgehead atoms. The fourth-order valence-electron chi connectivity index (χ4n) is 4.22. The third-order valence-electron chi connectivity index (χ3n) is 5.20. The van der Waals surface area contributed by atoms with E-state index in [0.717, 1.165) is 6.61 Å². The lowest BCUT2D eigenvalue weighted by atomic mass is 10.2. The van der Waals surface area contributed by atoms with Gasteiger partial charge in [-0.25, -0.2) is 0 Å². The highest BCUT2D eigenvalue weighted by Crippen LogP contribution is 2.10. The summed E-state index contributed by atoms with van der Waals surface area (Å²) in [4.78, 5) is 8.01. The van der Waals surface area contributed by atoms with E-state index in [-0.39, 0.29) is 0 Å². The Morgan fingerprint density at radius 2 is 0.893 bits per heavy atom. The highest BCUT2D eigenvalue weighted by molar-refractivity contribution is 6.71. The highest BCUT2D eigenvalue weighted by atomic mass is 28.4. The van der Waals surface area contributed by atoms with Crippen molar-refractivity contribution in [1.29, 1.82) is 0 Å². The first-order valence-corrected chi connectivity index (χ1v) is 15.3. The summed E-state index contributed by atoms with van der Waals surface area (Å²) >= 11 is 0. The molecule has 0 atom stereocenters. The molecule has 0 heterocycles. The van der Waals surface area contributed by atoms with Gasteiger partial charge < -0.3 is 19.1 Å². The summed E-state index contributed by atoms with van der Waals surface area (Å²) in [6.45, 7) is 26.8. The van der Waals surface area contributed by atoms with Crippen molar-refractivity contribution >= 4 is 8.32 Å². The number of hydrogen-bond donors (Lipinski definition) is 0. The molecule has 0 radical (unpaired) electrons. The van der Waals surface area contributed by atoms with Crippen LogP contribution in [-0.4, -0.2) is 88.2 Å². The second-order valence-corrected chi connectivity index (χ2v) is 13.0. The SMILES string of the molecule is CCCN(CCC)CCCN(CCCN(CCC)CCC)C[Si](C)(C)OCC. The van der Waals surface area contributed by atoms with E-state index in [1.54, 1.807) is 0 Å². The maximum Gasteiger partial charge on any atom is 0.200 e. The summed E-state index contributed by atoms with van der Waals surface area (Å²) in [6, 6.07) is 0. The monoisotopic (exact) mass is 415 g/mol. The first-order valence-electron chi connectivity index (χ1n) is 12.2. The predicted molar refractivity (Wildman–Crippen MR) is 129 cm³/mol. The smallest absolute Gasteiger partial charge is 0.200 e. The minimum atomic E-state index is -1.58. The Kier molecular flexibility index (Phi) is 17.9. The van der Waals surface area contributed by atoms with E-state index in [4.69, 9.17) is 4.43 Å². The summed E-state index contributed by atoms with van der Waals surface area (Å²) in [5.41, 5.74) is 0. The number of hydrogen-bond acceptors (Lipinski definition) is 4. The fourth-order valence-corrected chi connectivity index (χ4v) is 6.48. The highest BCUT2D eigenvalue weighted by Gasteiger charge is 2.25. The van der Waals surface area contributed by atoms with Gasteiger partial charge in [-0.2, -0.15) is 0 Å². The quantitative estimate of drug-likeness (QED) is 0.258. The fraction of sp³-hybridized carbons (Fsp3) is 1.00. The van der Waals surface area contributed by atoms with Crippen molar-refractivity contribution < 1.29 is 4.43 Å². The van der Waals surface area contributed by atoms with Crippen LogP contribution in [0, 0.1) is 0 Å². The normalized spacial score (nSPS) is 12.6. The van der Waals surface area contributed by atoms with Crippen LogP contribution in [0.5, 0.6) is 0 Å². The zero-order chi connectivity index (χ0) is 21.3. The first-order chi connectivity index (χ1) is 13.4. The molecule has 0 saturated carbocycles. The molecule has 0 aliphatic heterocycles. The van der Waals surface area contributed by atoms with Gasteiger partial charge in [0.25, 0.3) is 0 Å². The van der Waals surface area contributed by atoms with Gasteiger partial charge in [0.2, 0.25) is 0 Å². The average molecular weight is 416 g/mol. The van der Waals surface area contributed by atoms with E-state index >= 15 is 0 Å². The molecular weight excluding hydrogens is 362 g/mol. The van der Waals surface area contributed by atoms with Crippen LogP contribution in [0.2, 0.25) is 13.1 Å². The predicted octanol–water partition coefficient (Wildman–Crippen LogP) is 5.09. The molecule has 0 aromatic carbocycles. The van der Waals surface area contributed by atoms with E-state index in [2.05, 4.69) is 62.4 Å². The molecule has 0 saturated heterocycles. The molecule has 5 heteroatoms. The molecule has 0 fully saturated rings. The third-order valence-corrected chi connectivity index (χ3v) is 7.48. The van der Waals surface area contributed by atoms with E-state index in [1.165, 1.54) is 97.1 Å². The summed E-state index contributed by atoms with van der Waals surface area (Å²) in [7, 11) is -1.58. The van der Waals surface area contributed by atoms with Crippen molar-refractivity contribution in [1.82, 2.24) is 14.7 Å². The zero-order valence-corrected chi connectivity index (χ0v) is 21.6. The minimum absolute atomic E-state index is 0.856. The lowest BCUT2D eigenvalue weighted by Crippen LogP contribution is -2.46. The molecule has 0 spiro atoms. The summed E-state index contributed by atoms with van der Waals surface area (Å²) in [5, 5.41) is 0. The summed E-state index contributed by atoms with van der Waals surface area (Å²) < 4.78 is 6.15. The van der Waals surface area contributed by atoms with Crippen LogP contribution in [0.4, 0.5) is 0 Å². The van der Waals surface area contributed by atoms with Crippen LogP contribution in [0.1, 0.15) is 73.1 Å². The van der Waals surface area contributed by atoms with Gasteiger partial charge in [-0.3, -0.25) is 0 Å². The standard InChI is InChI=1S/C23H53N3OSi/c1-8-15-24(16-9-2)19-13-21-26(23-28(6,7)27-12-5)22-14-20-25(17-10-3)18-11-4/h8-23H2,1-7H3. The summed E-state index contributed by atoms with van der Waals surface area (Å²) in [5.74, 6) is 0. The lowest BCUT2D eigenvalue weighted by Gasteiger charge is -2.32. The molecule has 0 aliphatic carbocycles. The molecule has 170 valence electrons.